The molecule has 0 fully saturated rings. The summed E-state index contributed by atoms with van der Waals surface area (Å²) in [5.74, 6) is -1.38. The van der Waals surface area contributed by atoms with Crippen LogP contribution in [0.3, 0.4) is 0 Å². The fraction of sp³-hybridized carbons (Fsp3) is 0.524. The molecule has 0 rings (SSSR count). The van der Waals surface area contributed by atoms with Crippen molar-refractivity contribution in [2.75, 3.05) is 45.8 Å². The van der Waals surface area contributed by atoms with Gasteiger partial charge in [-0.15, -0.1) is 0 Å². The van der Waals surface area contributed by atoms with Gasteiger partial charge in [-0.1, -0.05) is 33.6 Å². The van der Waals surface area contributed by atoms with Crippen molar-refractivity contribution >= 4 is 23.6 Å². The van der Waals surface area contributed by atoms with Gasteiger partial charge in [-0.2, -0.15) is 0 Å². The lowest BCUT2D eigenvalue weighted by Crippen LogP contribution is -2.56. The maximum absolute atomic E-state index is 12.4. The van der Waals surface area contributed by atoms with Crippen molar-refractivity contribution in [3.05, 3.63) is 38.0 Å². The number of nitrogens with one attached hydrogen (secondary N) is 4. The highest BCUT2D eigenvalue weighted by atomic mass is 16.2. The Hall–Kier alpha value is -2.94. The molecular formula is C21H35N5O4. The summed E-state index contributed by atoms with van der Waals surface area (Å²) in [6.45, 7) is 17.0. The molecule has 0 spiro atoms. The molecule has 0 unspecified atom stereocenters. The van der Waals surface area contributed by atoms with Gasteiger partial charge in [-0.05, 0) is 31.3 Å². The monoisotopic (exact) mass is 421 g/mol. The van der Waals surface area contributed by atoms with E-state index in [2.05, 4.69) is 45.9 Å². The quantitative estimate of drug-likeness (QED) is 0.256. The summed E-state index contributed by atoms with van der Waals surface area (Å²) < 4.78 is 0. The van der Waals surface area contributed by atoms with Crippen molar-refractivity contribution in [1.29, 1.82) is 0 Å². The Bertz CT molecular complexity index is 569. The zero-order chi connectivity index (χ0) is 23.0. The first-order valence-corrected chi connectivity index (χ1v) is 9.95. The number of rotatable bonds is 16. The SMILES string of the molecule is C=CC(=O)NCC(CNC(=O)C=C)(CNC(=O)C=C)CNC(=O)CCN(CC)CC. The lowest BCUT2D eigenvalue weighted by Gasteiger charge is -2.34. The predicted molar refractivity (Wildman–Crippen MR) is 117 cm³/mol. The lowest BCUT2D eigenvalue weighted by atomic mass is 9.86. The number of hydrogen-bond acceptors (Lipinski definition) is 5. The molecule has 168 valence electrons. The highest BCUT2D eigenvalue weighted by Crippen LogP contribution is 2.14. The van der Waals surface area contributed by atoms with Crippen LogP contribution < -0.4 is 21.3 Å². The highest BCUT2D eigenvalue weighted by molar-refractivity contribution is 5.88. The van der Waals surface area contributed by atoms with Crippen LogP contribution in [-0.2, 0) is 19.2 Å². The van der Waals surface area contributed by atoms with Gasteiger partial charge in [0, 0.05) is 44.6 Å². The zero-order valence-electron chi connectivity index (χ0n) is 18.1. The normalized spacial score (nSPS) is 10.6. The molecule has 0 aromatic heterocycles. The maximum atomic E-state index is 12.4. The molecule has 0 bridgehead atoms. The largest absolute Gasteiger partial charge is 0.355 e. The third-order valence-electron chi connectivity index (χ3n) is 4.68. The zero-order valence-corrected chi connectivity index (χ0v) is 18.1. The van der Waals surface area contributed by atoms with Crippen LogP contribution in [0.15, 0.2) is 38.0 Å². The molecule has 0 saturated carbocycles. The van der Waals surface area contributed by atoms with Gasteiger partial charge in [0.15, 0.2) is 0 Å². The molecule has 0 aliphatic rings. The fourth-order valence-electron chi connectivity index (χ4n) is 2.59. The van der Waals surface area contributed by atoms with Crippen LogP contribution in [0.4, 0.5) is 0 Å². The van der Waals surface area contributed by atoms with Crippen molar-refractivity contribution in [3.8, 4) is 0 Å². The van der Waals surface area contributed by atoms with Gasteiger partial charge in [0.05, 0.1) is 0 Å². The molecule has 9 heteroatoms. The van der Waals surface area contributed by atoms with E-state index in [1.807, 2.05) is 13.8 Å². The molecule has 30 heavy (non-hydrogen) atoms. The molecule has 0 aliphatic carbocycles. The second-order valence-electron chi connectivity index (χ2n) is 6.82. The molecule has 0 atom stereocenters. The second kappa shape index (κ2) is 15.0. The van der Waals surface area contributed by atoms with Crippen LogP contribution in [0.2, 0.25) is 0 Å². The summed E-state index contributed by atoms with van der Waals surface area (Å²) >= 11 is 0. The summed E-state index contributed by atoms with van der Waals surface area (Å²) in [5.41, 5.74) is -0.874. The first-order chi connectivity index (χ1) is 14.2. The second-order valence-corrected chi connectivity index (χ2v) is 6.82. The van der Waals surface area contributed by atoms with Gasteiger partial charge in [0.25, 0.3) is 0 Å². The van der Waals surface area contributed by atoms with Crippen LogP contribution in [0.5, 0.6) is 0 Å². The molecule has 0 aliphatic heterocycles. The molecule has 0 heterocycles. The van der Waals surface area contributed by atoms with Crippen molar-refractivity contribution in [2.24, 2.45) is 5.41 Å². The Morgan fingerprint density at radius 3 is 1.43 bits per heavy atom. The van der Waals surface area contributed by atoms with Gasteiger partial charge in [0.1, 0.15) is 0 Å². The fourth-order valence-corrected chi connectivity index (χ4v) is 2.59. The van der Waals surface area contributed by atoms with E-state index >= 15 is 0 Å². The van der Waals surface area contributed by atoms with Gasteiger partial charge in [-0.25, -0.2) is 0 Å². The van der Waals surface area contributed by atoms with E-state index in [0.29, 0.717) is 13.0 Å². The average Bonchev–Trinajstić information content (AvgIpc) is 2.77. The molecule has 4 amide bonds. The van der Waals surface area contributed by atoms with Gasteiger partial charge in [0.2, 0.25) is 23.6 Å². The summed E-state index contributed by atoms with van der Waals surface area (Å²) in [5, 5.41) is 10.9. The van der Waals surface area contributed by atoms with Crippen LogP contribution in [0, 0.1) is 5.41 Å². The van der Waals surface area contributed by atoms with Crippen LogP contribution in [-0.4, -0.2) is 74.3 Å². The number of amides is 4. The summed E-state index contributed by atoms with van der Waals surface area (Å²) in [4.78, 5) is 49.6. The van der Waals surface area contributed by atoms with Crippen molar-refractivity contribution in [2.45, 2.75) is 20.3 Å². The Kier molecular flexibility index (Phi) is 13.5. The molecule has 0 saturated heterocycles. The molecule has 9 nitrogen and oxygen atoms in total. The Labute approximate surface area is 179 Å². The number of carbonyl (C=O) groups is 4. The number of carbonyl (C=O) groups excluding carboxylic acids is 4. The topological polar surface area (TPSA) is 120 Å². The minimum atomic E-state index is -0.874. The smallest absolute Gasteiger partial charge is 0.243 e. The van der Waals surface area contributed by atoms with Crippen molar-refractivity contribution in [1.82, 2.24) is 26.2 Å². The van der Waals surface area contributed by atoms with E-state index in [-0.39, 0.29) is 32.1 Å². The summed E-state index contributed by atoms with van der Waals surface area (Å²) in [7, 11) is 0. The molecule has 0 radical (unpaired) electrons. The predicted octanol–water partition coefficient (Wildman–Crippen LogP) is -0.272. The van der Waals surface area contributed by atoms with E-state index < -0.39 is 23.1 Å². The third-order valence-corrected chi connectivity index (χ3v) is 4.68. The molecule has 4 N–H and O–H groups in total. The number of nitrogens with zero attached hydrogens (tertiary/aromatic N) is 1. The van der Waals surface area contributed by atoms with Gasteiger partial charge >= 0.3 is 0 Å². The highest BCUT2D eigenvalue weighted by Gasteiger charge is 2.32. The lowest BCUT2D eigenvalue weighted by molar-refractivity contribution is -0.121. The van der Waals surface area contributed by atoms with Crippen LogP contribution >= 0.6 is 0 Å². The van der Waals surface area contributed by atoms with E-state index in [0.717, 1.165) is 31.3 Å². The minimum absolute atomic E-state index is 0.0863. The first-order valence-electron chi connectivity index (χ1n) is 9.95. The summed E-state index contributed by atoms with van der Waals surface area (Å²) in [6.07, 6.45) is 3.68. The van der Waals surface area contributed by atoms with Crippen LogP contribution in [0.1, 0.15) is 20.3 Å². The molecule has 0 aromatic carbocycles. The van der Waals surface area contributed by atoms with E-state index in [1.165, 1.54) is 0 Å². The average molecular weight is 422 g/mol. The Morgan fingerprint density at radius 2 is 1.10 bits per heavy atom. The third kappa shape index (κ3) is 11.2. The summed E-state index contributed by atoms with van der Waals surface area (Å²) in [6, 6.07) is 0. The van der Waals surface area contributed by atoms with E-state index in [1.54, 1.807) is 0 Å². The van der Waals surface area contributed by atoms with Crippen LogP contribution in [0.25, 0.3) is 0 Å². The van der Waals surface area contributed by atoms with Gasteiger partial charge in [-0.3, -0.25) is 19.2 Å². The minimum Gasteiger partial charge on any atom is -0.355 e. The van der Waals surface area contributed by atoms with Crippen molar-refractivity contribution < 1.29 is 19.2 Å². The van der Waals surface area contributed by atoms with E-state index in [4.69, 9.17) is 0 Å². The standard InChI is InChI=1S/C21H35N5O4/c1-6-17(27)22-13-21(14-23-18(28)7-2,15-24-19(29)8-3)16-25-20(30)11-12-26(9-4)10-5/h6-8H,1-3,9-16H2,4-5H3,(H,22,27)(H,23,28)(H,24,29)(H,25,30). The first kappa shape index (κ1) is 27.1. The van der Waals surface area contributed by atoms with Crippen molar-refractivity contribution in [3.63, 3.8) is 0 Å². The van der Waals surface area contributed by atoms with E-state index in [9.17, 15) is 19.2 Å². The molecule has 0 aromatic rings. The van der Waals surface area contributed by atoms with Gasteiger partial charge < -0.3 is 26.2 Å². The number of hydrogen-bond donors (Lipinski definition) is 4. The molecular weight excluding hydrogens is 386 g/mol. The Morgan fingerprint density at radius 1 is 0.733 bits per heavy atom. The Balaban J connectivity index is 5.33. The maximum Gasteiger partial charge on any atom is 0.243 e.